The van der Waals surface area contributed by atoms with Crippen LogP contribution < -0.4 is 0 Å². The largest absolute Gasteiger partial charge is 0.292 e. The summed E-state index contributed by atoms with van der Waals surface area (Å²) in [6, 6.07) is 8.51. The number of nitrogens with zero attached hydrogens (tertiary/aromatic N) is 2. The Morgan fingerprint density at radius 2 is 1.47 bits per heavy atom. The highest BCUT2D eigenvalue weighted by Gasteiger charge is 2.52. The number of hydrogen-bond acceptors (Lipinski definition) is 4. The molecule has 0 N–H and O–H groups in total. The number of carbonyl (C=O) groups is 4. The summed E-state index contributed by atoms with van der Waals surface area (Å²) in [4.78, 5) is 53.3. The van der Waals surface area contributed by atoms with Crippen LogP contribution in [0.15, 0.2) is 48.0 Å². The third-order valence-electron chi connectivity index (χ3n) is 5.96. The number of allylic oxidation sites excluding steroid dienone is 2. The normalized spacial score (nSPS) is 19.7. The predicted octanol–water partition coefficient (Wildman–Crippen LogP) is 5.88. The molecule has 2 aromatic carbocycles. The zero-order valence-electron chi connectivity index (χ0n) is 17.9. The number of fused-ring (bicyclic) bond motifs is 1. The first-order valence-corrected chi connectivity index (χ1v) is 11.9. The number of hydrazine groups is 1. The molecule has 0 radical (unpaired) electrons. The van der Waals surface area contributed by atoms with Gasteiger partial charge in [0.2, 0.25) is 0 Å². The summed E-state index contributed by atoms with van der Waals surface area (Å²) in [5, 5.41) is 2.38. The summed E-state index contributed by atoms with van der Waals surface area (Å²) in [5.74, 6) is -3.62. The van der Waals surface area contributed by atoms with Crippen LogP contribution in [0.4, 0.5) is 0 Å². The average Bonchev–Trinajstić information content (AvgIpc) is 3.01. The van der Waals surface area contributed by atoms with E-state index in [4.69, 9.17) is 46.4 Å². The third-order valence-corrected chi connectivity index (χ3v) is 7.06. The van der Waals surface area contributed by atoms with Gasteiger partial charge in [-0.1, -0.05) is 58.1 Å². The van der Waals surface area contributed by atoms with Crippen LogP contribution in [-0.2, 0) is 9.59 Å². The molecule has 0 spiro atoms. The van der Waals surface area contributed by atoms with Crippen molar-refractivity contribution < 1.29 is 19.2 Å². The minimum atomic E-state index is -0.787. The lowest BCUT2D eigenvalue weighted by Crippen LogP contribution is -2.52. The number of amides is 3. The predicted molar refractivity (Wildman–Crippen MR) is 130 cm³/mol. The summed E-state index contributed by atoms with van der Waals surface area (Å²) in [5.41, 5.74) is 1.08. The zero-order chi connectivity index (χ0) is 24.7. The molecule has 10 heteroatoms. The van der Waals surface area contributed by atoms with Gasteiger partial charge in [0.05, 0.1) is 27.4 Å². The average molecular weight is 540 g/mol. The van der Waals surface area contributed by atoms with Crippen molar-refractivity contribution >= 4 is 69.9 Å². The van der Waals surface area contributed by atoms with Crippen LogP contribution in [0.25, 0.3) is 0 Å². The van der Waals surface area contributed by atoms with Gasteiger partial charge in [-0.15, -0.1) is 0 Å². The second-order valence-electron chi connectivity index (χ2n) is 8.23. The van der Waals surface area contributed by atoms with Gasteiger partial charge in [-0.05, 0) is 56.2 Å². The molecule has 2 aromatic rings. The highest BCUT2D eigenvalue weighted by Crippen LogP contribution is 2.39. The third kappa shape index (κ3) is 4.60. The molecular weight excluding hydrogens is 522 g/mol. The Morgan fingerprint density at radius 1 is 0.912 bits per heavy atom. The Morgan fingerprint density at radius 3 is 2.06 bits per heavy atom. The molecule has 2 atom stereocenters. The van der Waals surface area contributed by atoms with Crippen LogP contribution in [-0.4, -0.2) is 40.1 Å². The van der Waals surface area contributed by atoms with Crippen molar-refractivity contribution in [2.75, 3.05) is 6.54 Å². The van der Waals surface area contributed by atoms with Gasteiger partial charge in [-0.2, -0.15) is 5.01 Å². The van der Waals surface area contributed by atoms with E-state index in [1.165, 1.54) is 36.4 Å². The van der Waals surface area contributed by atoms with E-state index in [2.05, 4.69) is 0 Å². The van der Waals surface area contributed by atoms with Crippen molar-refractivity contribution in [1.82, 2.24) is 10.0 Å². The summed E-state index contributed by atoms with van der Waals surface area (Å²) in [6.45, 7) is 1.28. The summed E-state index contributed by atoms with van der Waals surface area (Å²) < 4.78 is 0. The van der Waals surface area contributed by atoms with Gasteiger partial charge in [0.25, 0.3) is 17.7 Å². The van der Waals surface area contributed by atoms with Crippen molar-refractivity contribution in [1.29, 1.82) is 0 Å². The molecule has 0 saturated carbocycles. The van der Waals surface area contributed by atoms with Crippen LogP contribution in [0.1, 0.15) is 40.5 Å². The van der Waals surface area contributed by atoms with E-state index >= 15 is 0 Å². The first kappa shape index (κ1) is 24.7. The highest BCUT2D eigenvalue weighted by molar-refractivity contribution is 6.37. The summed E-state index contributed by atoms with van der Waals surface area (Å²) >= 11 is 24.3. The molecule has 1 saturated heterocycles. The first-order chi connectivity index (χ1) is 16.1. The lowest BCUT2D eigenvalue weighted by molar-refractivity contribution is -0.154. The number of benzene rings is 2. The number of ketones is 1. The number of imide groups is 1. The van der Waals surface area contributed by atoms with Crippen molar-refractivity contribution in [3.05, 3.63) is 79.3 Å². The van der Waals surface area contributed by atoms with E-state index in [1.54, 1.807) is 0 Å². The Hall–Kier alpha value is -2.38. The fraction of sp³-hybridized carbons (Fsp3) is 0.250. The molecule has 3 amide bonds. The molecule has 0 unspecified atom stereocenters. The smallest absolute Gasteiger partial charge is 0.274 e. The second kappa shape index (κ2) is 9.70. The van der Waals surface area contributed by atoms with Crippen LogP contribution >= 0.6 is 46.4 Å². The van der Waals surface area contributed by atoms with E-state index < -0.39 is 41.9 Å². The molecule has 1 heterocycles. The first-order valence-electron chi connectivity index (χ1n) is 10.4. The molecule has 1 aliphatic carbocycles. The quantitative estimate of drug-likeness (QED) is 0.270. The number of rotatable bonds is 5. The van der Waals surface area contributed by atoms with Gasteiger partial charge in [0, 0.05) is 15.6 Å². The SMILES string of the molecule is CC1=CC[C@@H]2C(=O)N(N(CC(=O)c3ccc(Cl)cc3Cl)C(=O)c3ccc(Cl)cc3Cl)C(=O)[C@@H]2C1. The van der Waals surface area contributed by atoms with E-state index in [1.807, 2.05) is 13.0 Å². The monoisotopic (exact) mass is 538 g/mol. The van der Waals surface area contributed by atoms with Crippen molar-refractivity contribution in [2.24, 2.45) is 11.8 Å². The molecule has 1 fully saturated rings. The van der Waals surface area contributed by atoms with Crippen LogP contribution in [0.5, 0.6) is 0 Å². The molecule has 1 aliphatic heterocycles. The zero-order valence-corrected chi connectivity index (χ0v) is 20.9. The van der Waals surface area contributed by atoms with E-state index in [0.29, 0.717) is 22.9 Å². The fourth-order valence-corrected chi connectivity index (χ4v) is 5.23. The topological polar surface area (TPSA) is 74.8 Å². The number of Topliss-reactive ketones (excluding diaryl/α,β-unsaturated/α-hetero) is 1. The highest BCUT2D eigenvalue weighted by atomic mass is 35.5. The van der Waals surface area contributed by atoms with E-state index in [0.717, 1.165) is 15.6 Å². The molecule has 0 bridgehead atoms. The van der Waals surface area contributed by atoms with Crippen molar-refractivity contribution in [3.63, 3.8) is 0 Å². The maximum atomic E-state index is 13.6. The molecular formula is C24H18Cl4N2O4. The van der Waals surface area contributed by atoms with Gasteiger partial charge in [0.1, 0.15) is 6.54 Å². The standard InChI is InChI=1S/C24H18Cl4N2O4/c1-12-2-5-15-18(8-12)24(34)30(23(15)33)29(22(32)17-7-4-14(26)10-20(17)28)11-21(31)16-6-3-13(25)9-19(16)27/h2-4,6-7,9-10,15,18H,5,8,11H2,1H3/t15-,18+/m0/s1. The number of carbonyl (C=O) groups excluding carboxylic acids is 4. The van der Waals surface area contributed by atoms with Crippen molar-refractivity contribution in [2.45, 2.75) is 19.8 Å². The molecule has 34 heavy (non-hydrogen) atoms. The molecule has 6 nitrogen and oxygen atoms in total. The Labute approximate surface area is 216 Å². The minimum absolute atomic E-state index is 0.00847. The lowest BCUT2D eigenvalue weighted by Gasteiger charge is -2.30. The molecule has 176 valence electrons. The number of halogens is 4. The summed E-state index contributed by atoms with van der Waals surface area (Å²) in [7, 11) is 0. The van der Waals surface area contributed by atoms with Crippen LogP contribution in [0.2, 0.25) is 20.1 Å². The summed E-state index contributed by atoms with van der Waals surface area (Å²) in [6.07, 6.45) is 2.71. The minimum Gasteiger partial charge on any atom is -0.292 e. The maximum absolute atomic E-state index is 13.6. The van der Waals surface area contributed by atoms with Gasteiger partial charge in [0.15, 0.2) is 5.78 Å². The van der Waals surface area contributed by atoms with Crippen molar-refractivity contribution in [3.8, 4) is 0 Å². The van der Waals surface area contributed by atoms with Gasteiger partial charge < -0.3 is 0 Å². The van der Waals surface area contributed by atoms with Gasteiger partial charge in [-0.25, -0.2) is 5.01 Å². The van der Waals surface area contributed by atoms with E-state index in [9.17, 15) is 19.2 Å². The molecule has 0 aromatic heterocycles. The lowest BCUT2D eigenvalue weighted by atomic mass is 9.82. The Balaban J connectivity index is 1.74. The number of hydrogen-bond donors (Lipinski definition) is 0. The Bertz CT molecular complexity index is 1260. The van der Waals surface area contributed by atoms with Gasteiger partial charge in [-0.3, -0.25) is 19.2 Å². The van der Waals surface area contributed by atoms with E-state index in [-0.39, 0.29) is 21.2 Å². The molecule has 2 aliphatic rings. The maximum Gasteiger partial charge on any atom is 0.274 e. The van der Waals surface area contributed by atoms with Crippen LogP contribution in [0, 0.1) is 11.8 Å². The fourth-order valence-electron chi connectivity index (χ4n) is 4.23. The van der Waals surface area contributed by atoms with Crippen LogP contribution in [0.3, 0.4) is 0 Å². The second-order valence-corrected chi connectivity index (χ2v) is 9.91. The Kier molecular flexibility index (Phi) is 7.06. The molecule has 4 rings (SSSR count). The van der Waals surface area contributed by atoms with Gasteiger partial charge >= 0.3 is 0 Å².